The molecule has 5 heteroatoms. The first-order valence-corrected chi connectivity index (χ1v) is 14.0. The minimum absolute atomic E-state index is 0.0190. The minimum atomic E-state index is -0.426. The van der Waals surface area contributed by atoms with Crippen LogP contribution in [0.5, 0.6) is 0 Å². The smallest absolute Gasteiger partial charge is 0.305 e. The molecule has 0 aromatic rings. The van der Waals surface area contributed by atoms with Gasteiger partial charge in [0, 0.05) is 18.9 Å². The summed E-state index contributed by atoms with van der Waals surface area (Å²) in [6.07, 6.45) is 21.1. The molecule has 0 radical (unpaired) electrons. The molecule has 1 atom stereocenters. The van der Waals surface area contributed by atoms with Crippen LogP contribution in [0, 0.1) is 0 Å². The molecule has 0 aromatic carbocycles. The van der Waals surface area contributed by atoms with Crippen LogP contribution in [-0.4, -0.2) is 30.3 Å². The number of unbranched alkanes of at least 4 members (excludes halogenated alkanes) is 13. The normalized spacial score (nSPS) is 11.8. The summed E-state index contributed by atoms with van der Waals surface area (Å²) < 4.78 is 4.95. The fraction of sp³-hybridized carbons (Fsp3) is 0.893. The highest BCUT2D eigenvalue weighted by atomic mass is 16.5. The fourth-order valence-electron chi connectivity index (χ4n) is 4.14. The molecule has 0 spiro atoms. The summed E-state index contributed by atoms with van der Waals surface area (Å²) in [4.78, 5) is 36.0. The molecule has 1 N–H and O–H groups in total. The number of carbonyl (C=O) groups is 3. The Hall–Kier alpha value is -1.39. The Labute approximate surface area is 204 Å². The minimum Gasteiger partial charge on any atom is -0.466 e. The van der Waals surface area contributed by atoms with E-state index >= 15 is 0 Å². The summed E-state index contributed by atoms with van der Waals surface area (Å²) >= 11 is 0. The van der Waals surface area contributed by atoms with E-state index in [0.29, 0.717) is 19.4 Å². The van der Waals surface area contributed by atoms with Gasteiger partial charge in [0.25, 0.3) is 5.91 Å². The first kappa shape index (κ1) is 31.6. The Morgan fingerprint density at radius 1 is 0.606 bits per heavy atom. The molecule has 0 aliphatic carbocycles. The van der Waals surface area contributed by atoms with E-state index in [4.69, 9.17) is 4.74 Å². The lowest BCUT2D eigenvalue weighted by molar-refractivity contribution is -0.143. The van der Waals surface area contributed by atoms with E-state index in [0.717, 1.165) is 57.8 Å². The Bertz CT molecular complexity index is 492. The number of rotatable bonds is 24. The Morgan fingerprint density at radius 3 is 1.64 bits per heavy atom. The number of esters is 1. The van der Waals surface area contributed by atoms with Gasteiger partial charge < -0.3 is 10.1 Å². The van der Waals surface area contributed by atoms with Gasteiger partial charge in [0.2, 0.25) is 5.78 Å². The molecule has 5 nitrogen and oxygen atoms in total. The van der Waals surface area contributed by atoms with E-state index in [-0.39, 0.29) is 17.8 Å². The first-order chi connectivity index (χ1) is 16.0. The Balaban J connectivity index is 3.88. The number of Topliss-reactive ketones (excluding diaryl/α,β-unsaturated/α-hetero) is 1. The predicted octanol–water partition coefficient (Wildman–Crippen LogP) is 7.45. The molecule has 0 aliphatic rings. The van der Waals surface area contributed by atoms with Crippen LogP contribution in [0.25, 0.3) is 0 Å². The van der Waals surface area contributed by atoms with Gasteiger partial charge in [0.1, 0.15) is 0 Å². The summed E-state index contributed by atoms with van der Waals surface area (Å²) in [5.74, 6) is -0.871. The van der Waals surface area contributed by atoms with Crippen LogP contribution in [0.2, 0.25) is 0 Å². The van der Waals surface area contributed by atoms with Gasteiger partial charge >= 0.3 is 5.97 Å². The van der Waals surface area contributed by atoms with Crippen molar-refractivity contribution in [3.8, 4) is 0 Å². The second kappa shape index (κ2) is 23.8. The summed E-state index contributed by atoms with van der Waals surface area (Å²) in [5.41, 5.74) is 0. The average Bonchev–Trinajstić information content (AvgIpc) is 2.80. The van der Waals surface area contributed by atoms with Crippen LogP contribution in [0.15, 0.2) is 0 Å². The maximum atomic E-state index is 12.3. The van der Waals surface area contributed by atoms with Gasteiger partial charge in [-0.15, -0.1) is 0 Å². The lowest BCUT2D eigenvalue weighted by Gasteiger charge is -2.18. The molecule has 1 amide bonds. The monoisotopic (exact) mass is 467 g/mol. The van der Waals surface area contributed by atoms with Crippen molar-refractivity contribution in [2.45, 2.75) is 155 Å². The van der Waals surface area contributed by atoms with Crippen LogP contribution in [0.3, 0.4) is 0 Å². The molecule has 194 valence electrons. The highest BCUT2D eigenvalue weighted by Gasteiger charge is 2.18. The number of amides is 1. The average molecular weight is 468 g/mol. The molecule has 0 fully saturated rings. The summed E-state index contributed by atoms with van der Waals surface area (Å²) in [5, 5.41) is 2.95. The summed E-state index contributed by atoms with van der Waals surface area (Å²) in [7, 11) is 0. The van der Waals surface area contributed by atoms with Gasteiger partial charge in [-0.2, -0.15) is 0 Å². The van der Waals surface area contributed by atoms with E-state index in [1.165, 1.54) is 57.8 Å². The van der Waals surface area contributed by atoms with Crippen molar-refractivity contribution in [2.75, 3.05) is 6.61 Å². The van der Waals surface area contributed by atoms with Gasteiger partial charge in [-0.25, -0.2) is 0 Å². The van der Waals surface area contributed by atoms with Crippen molar-refractivity contribution in [3.05, 3.63) is 0 Å². The number of nitrogens with one attached hydrogen (secondary N) is 1. The van der Waals surface area contributed by atoms with Crippen LogP contribution >= 0.6 is 0 Å². The van der Waals surface area contributed by atoms with Gasteiger partial charge in [0.15, 0.2) is 0 Å². The maximum Gasteiger partial charge on any atom is 0.305 e. The summed E-state index contributed by atoms with van der Waals surface area (Å²) in [6, 6.07) is 0.0190. The van der Waals surface area contributed by atoms with E-state index in [2.05, 4.69) is 19.2 Å². The van der Waals surface area contributed by atoms with E-state index in [1.807, 2.05) is 6.92 Å². The lowest BCUT2D eigenvalue weighted by Crippen LogP contribution is -2.39. The second-order valence-electron chi connectivity index (χ2n) is 9.43. The largest absolute Gasteiger partial charge is 0.466 e. The van der Waals surface area contributed by atoms with Crippen LogP contribution < -0.4 is 5.32 Å². The van der Waals surface area contributed by atoms with E-state index in [9.17, 15) is 14.4 Å². The third kappa shape index (κ3) is 20.9. The summed E-state index contributed by atoms with van der Waals surface area (Å²) in [6.45, 7) is 6.60. The van der Waals surface area contributed by atoms with Gasteiger partial charge in [-0.1, -0.05) is 104 Å². The number of hydrogen-bond donors (Lipinski definition) is 1. The molecule has 0 aliphatic heterocycles. The number of hydrogen-bond acceptors (Lipinski definition) is 4. The first-order valence-electron chi connectivity index (χ1n) is 14.0. The predicted molar refractivity (Wildman–Crippen MR) is 137 cm³/mol. The SMILES string of the molecule is CCCCCCCCCCCCCCC(=O)C(=O)NC(CCCC)CCCCC(=O)OCC. The standard InChI is InChI=1S/C28H53NO4/c1-4-7-9-10-11-12-13-14-15-16-17-18-23-26(30)28(32)29-25(21-8-5-2)22-19-20-24-27(31)33-6-3/h25H,4-24H2,1-3H3,(H,29,32). The number of ketones is 1. The van der Waals surface area contributed by atoms with Crippen molar-refractivity contribution in [1.82, 2.24) is 5.32 Å². The molecule has 0 saturated carbocycles. The highest BCUT2D eigenvalue weighted by Crippen LogP contribution is 2.13. The quantitative estimate of drug-likeness (QED) is 0.0909. The molecule has 33 heavy (non-hydrogen) atoms. The molecule has 1 unspecified atom stereocenters. The van der Waals surface area contributed by atoms with Crippen LogP contribution in [0.4, 0.5) is 0 Å². The third-order valence-corrected chi connectivity index (χ3v) is 6.24. The van der Waals surface area contributed by atoms with Crippen LogP contribution in [-0.2, 0) is 19.1 Å². The van der Waals surface area contributed by atoms with E-state index in [1.54, 1.807) is 0 Å². The van der Waals surface area contributed by atoms with Crippen molar-refractivity contribution >= 4 is 17.7 Å². The number of carbonyl (C=O) groups excluding carboxylic acids is 3. The molecular weight excluding hydrogens is 414 g/mol. The van der Waals surface area contributed by atoms with Crippen molar-refractivity contribution in [3.63, 3.8) is 0 Å². The third-order valence-electron chi connectivity index (χ3n) is 6.24. The van der Waals surface area contributed by atoms with Crippen LogP contribution in [0.1, 0.15) is 149 Å². The van der Waals surface area contributed by atoms with Crippen molar-refractivity contribution in [2.24, 2.45) is 0 Å². The highest BCUT2D eigenvalue weighted by molar-refractivity contribution is 6.36. The molecule has 0 bridgehead atoms. The second-order valence-corrected chi connectivity index (χ2v) is 9.43. The maximum absolute atomic E-state index is 12.3. The van der Waals surface area contributed by atoms with Gasteiger partial charge in [-0.3, -0.25) is 14.4 Å². The molecule has 0 aromatic heterocycles. The zero-order valence-electron chi connectivity index (χ0n) is 22.1. The fourth-order valence-corrected chi connectivity index (χ4v) is 4.14. The van der Waals surface area contributed by atoms with Crippen molar-refractivity contribution in [1.29, 1.82) is 0 Å². The Morgan fingerprint density at radius 2 is 1.09 bits per heavy atom. The topological polar surface area (TPSA) is 72.5 Å². The molecule has 0 saturated heterocycles. The van der Waals surface area contributed by atoms with E-state index < -0.39 is 5.91 Å². The molecule has 0 rings (SSSR count). The lowest BCUT2D eigenvalue weighted by atomic mass is 10.0. The molecule has 0 heterocycles. The zero-order valence-corrected chi connectivity index (χ0v) is 22.1. The zero-order chi connectivity index (χ0) is 24.6. The van der Waals surface area contributed by atoms with Crippen molar-refractivity contribution < 1.29 is 19.1 Å². The van der Waals surface area contributed by atoms with Gasteiger partial charge in [-0.05, 0) is 32.6 Å². The van der Waals surface area contributed by atoms with Gasteiger partial charge in [0.05, 0.1) is 6.61 Å². The Kier molecular flexibility index (Phi) is 22.8. The molecular formula is C28H53NO4. The number of ether oxygens (including phenoxy) is 1.